The van der Waals surface area contributed by atoms with Crippen LogP contribution in [0.1, 0.15) is 39.5 Å². The standard InChI is InChI=1S/C14H22O3/c1-3-4-10(15)5-6-11-9(2)7-13-12(11)8-14(16)17-13/h5-6,9-13,15H,3-4,7-8H2,1-2H3/b6-5+/t9-,10+,11+,12-,13+/m1/s1. The maximum absolute atomic E-state index is 11.3. The van der Waals surface area contributed by atoms with Crippen LogP contribution in [0.25, 0.3) is 0 Å². The van der Waals surface area contributed by atoms with E-state index < -0.39 is 0 Å². The summed E-state index contributed by atoms with van der Waals surface area (Å²) < 4.78 is 5.30. The minimum absolute atomic E-state index is 0.0561. The van der Waals surface area contributed by atoms with Crippen molar-refractivity contribution < 1.29 is 14.6 Å². The first-order chi connectivity index (χ1) is 8.11. The molecule has 3 nitrogen and oxygen atoms in total. The summed E-state index contributed by atoms with van der Waals surface area (Å²) in [7, 11) is 0. The maximum Gasteiger partial charge on any atom is 0.306 e. The molecule has 2 fully saturated rings. The lowest BCUT2D eigenvalue weighted by atomic mass is 9.88. The predicted octanol–water partition coefficient (Wildman–Crippen LogP) is 2.29. The van der Waals surface area contributed by atoms with Crippen molar-refractivity contribution in [2.75, 3.05) is 0 Å². The number of hydrogen-bond donors (Lipinski definition) is 1. The minimum atomic E-state index is -0.343. The van der Waals surface area contributed by atoms with Gasteiger partial charge in [-0.2, -0.15) is 0 Å². The SMILES string of the molecule is CCC[C@H](O)/C=C/[C@@H]1[C@H]2CC(=O)O[C@H]2C[C@H]1C. The summed E-state index contributed by atoms with van der Waals surface area (Å²) in [6.45, 7) is 4.27. The molecule has 17 heavy (non-hydrogen) atoms. The largest absolute Gasteiger partial charge is 0.462 e. The summed E-state index contributed by atoms with van der Waals surface area (Å²) in [5, 5.41) is 9.70. The van der Waals surface area contributed by atoms with E-state index >= 15 is 0 Å². The fourth-order valence-electron chi connectivity index (χ4n) is 3.16. The molecule has 2 aliphatic rings. The Labute approximate surface area is 103 Å². The van der Waals surface area contributed by atoms with Gasteiger partial charge in [-0.3, -0.25) is 4.79 Å². The molecule has 1 saturated carbocycles. The van der Waals surface area contributed by atoms with Crippen LogP contribution in [0.5, 0.6) is 0 Å². The summed E-state index contributed by atoms with van der Waals surface area (Å²) >= 11 is 0. The number of aliphatic hydroxyl groups is 1. The third kappa shape index (κ3) is 2.71. The highest BCUT2D eigenvalue weighted by atomic mass is 16.6. The molecule has 0 aromatic carbocycles. The number of ether oxygens (including phenoxy) is 1. The van der Waals surface area contributed by atoms with E-state index in [0.29, 0.717) is 24.2 Å². The number of carbonyl (C=O) groups excluding carboxylic acids is 1. The molecule has 1 heterocycles. The van der Waals surface area contributed by atoms with E-state index in [4.69, 9.17) is 4.74 Å². The number of esters is 1. The van der Waals surface area contributed by atoms with E-state index in [1.165, 1.54) is 0 Å². The Kier molecular flexibility index (Phi) is 3.87. The van der Waals surface area contributed by atoms with E-state index in [-0.39, 0.29) is 18.2 Å². The highest BCUT2D eigenvalue weighted by Crippen LogP contribution is 2.45. The molecule has 3 heteroatoms. The van der Waals surface area contributed by atoms with Crippen molar-refractivity contribution in [3.8, 4) is 0 Å². The van der Waals surface area contributed by atoms with E-state index in [9.17, 15) is 9.90 Å². The van der Waals surface area contributed by atoms with Gasteiger partial charge in [-0.25, -0.2) is 0 Å². The zero-order valence-corrected chi connectivity index (χ0v) is 10.6. The van der Waals surface area contributed by atoms with Gasteiger partial charge in [0.05, 0.1) is 12.5 Å². The Morgan fingerprint density at radius 1 is 1.59 bits per heavy atom. The normalized spacial score (nSPS) is 38.4. The molecule has 0 spiro atoms. The van der Waals surface area contributed by atoms with Crippen LogP contribution in [0, 0.1) is 17.8 Å². The number of rotatable bonds is 4. The van der Waals surface area contributed by atoms with Crippen LogP contribution in [0.2, 0.25) is 0 Å². The molecule has 0 aromatic rings. The smallest absolute Gasteiger partial charge is 0.306 e. The monoisotopic (exact) mass is 238 g/mol. The van der Waals surface area contributed by atoms with Gasteiger partial charge in [0.2, 0.25) is 0 Å². The molecule has 0 unspecified atom stereocenters. The number of fused-ring (bicyclic) bond motifs is 1. The third-order valence-corrected chi connectivity index (χ3v) is 4.06. The minimum Gasteiger partial charge on any atom is -0.462 e. The van der Waals surface area contributed by atoms with Crippen molar-refractivity contribution in [2.24, 2.45) is 17.8 Å². The van der Waals surface area contributed by atoms with Gasteiger partial charge in [0.15, 0.2) is 0 Å². The van der Waals surface area contributed by atoms with Gasteiger partial charge < -0.3 is 9.84 Å². The van der Waals surface area contributed by atoms with Crippen molar-refractivity contribution in [3.63, 3.8) is 0 Å². The van der Waals surface area contributed by atoms with Crippen molar-refractivity contribution in [2.45, 2.75) is 51.7 Å². The Hall–Kier alpha value is -0.830. The van der Waals surface area contributed by atoms with Gasteiger partial charge in [-0.05, 0) is 24.7 Å². The van der Waals surface area contributed by atoms with Crippen molar-refractivity contribution in [1.29, 1.82) is 0 Å². The summed E-state index contributed by atoms with van der Waals surface area (Å²) in [6.07, 6.45) is 7.09. The molecular formula is C14H22O3. The number of allylic oxidation sites excluding steroid dienone is 1. The quantitative estimate of drug-likeness (QED) is 0.604. The van der Waals surface area contributed by atoms with Crippen LogP contribution < -0.4 is 0 Å². The van der Waals surface area contributed by atoms with E-state index in [1.807, 2.05) is 6.08 Å². The topological polar surface area (TPSA) is 46.5 Å². The van der Waals surface area contributed by atoms with Crippen molar-refractivity contribution in [1.82, 2.24) is 0 Å². The predicted molar refractivity (Wildman–Crippen MR) is 65.3 cm³/mol. The molecule has 1 saturated heterocycles. The molecule has 0 radical (unpaired) electrons. The zero-order valence-electron chi connectivity index (χ0n) is 10.6. The highest BCUT2D eigenvalue weighted by molar-refractivity contribution is 5.72. The number of carbonyl (C=O) groups is 1. The number of hydrogen-bond acceptors (Lipinski definition) is 3. The van der Waals surface area contributed by atoms with Crippen LogP contribution in [0.3, 0.4) is 0 Å². The summed E-state index contributed by atoms with van der Waals surface area (Å²) in [4.78, 5) is 11.3. The second-order valence-electron chi connectivity index (χ2n) is 5.43. The second-order valence-corrected chi connectivity index (χ2v) is 5.43. The molecule has 0 bridgehead atoms. The van der Waals surface area contributed by atoms with Crippen molar-refractivity contribution >= 4 is 5.97 Å². The maximum atomic E-state index is 11.3. The molecule has 5 atom stereocenters. The Morgan fingerprint density at radius 3 is 3.06 bits per heavy atom. The molecule has 96 valence electrons. The molecule has 1 N–H and O–H groups in total. The molecule has 0 aromatic heterocycles. The lowest BCUT2D eigenvalue weighted by Crippen LogP contribution is -2.14. The molecule has 0 amide bonds. The Balaban J connectivity index is 1.97. The summed E-state index contributed by atoms with van der Waals surface area (Å²) in [5.74, 6) is 1.21. The van der Waals surface area contributed by atoms with Gasteiger partial charge in [0, 0.05) is 5.92 Å². The van der Waals surface area contributed by atoms with E-state index in [2.05, 4.69) is 19.9 Å². The van der Waals surface area contributed by atoms with Gasteiger partial charge in [0.1, 0.15) is 6.10 Å². The average molecular weight is 238 g/mol. The summed E-state index contributed by atoms with van der Waals surface area (Å²) in [5.41, 5.74) is 0. The Bertz CT molecular complexity index is 311. The van der Waals surface area contributed by atoms with Crippen LogP contribution >= 0.6 is 0 Å². The Morgan fingerprint density at radius 2 is 2.35 bits per heavy atom. The zero-order chi connectivity index (χ0) is 12.4. The first kappa shape index (κ1) is 12.6. The first-order valence-electron chi connectivity index (χ1n) is 6.67. The lowest BCUT2D eigenvalue weighted by molar-refractivity contribution is -0.141. The molecule has 1 aliphatic carbocycles. The van der Waals surface area contributed by atoms with E-state index in [0.717, 1.165) is 19.3 Å². The highest BCUT2D eigenvalue weighted by Gasteiger charge is 2.47. The van der Waals surface area contributed by atoms with Gasteiger partial charge in [-0.15, -0.1) is 0 Å². The third-order valence-electron chi connectivity index (χ3n) is 4.06. The average Bonchev–Trinajstić information content (AvgIpc) is 2.71. The molecule has 2 rings (SSSR count). The van der Waals surface area contributed by atoms with Gasteiger partial charge in [0.25, 0.3) is 0 Å². The second kappa shape index (κ2) is 5.21. The van der Waals surface area contributed by atoms with Crippen LogP contribution in [-0.2, 0) is 9.53 Å². The molecule has 1 aliphatic heterocycles. The van der Waals surface area contributed by atoms with Crippen LogP contribution in [-0.4, -0.2) is 23.3 Å². The van der Waals surface area contributed by atoms with Gasteiger partial charge >= 0.3 is 5.97 Å². The number of aliphatic hydroxyl groups excluding tert-OH is 1. The van der Waals surface area contributed by atoms with Gasteiger partial charge in [-0.1, -0.05) is 32.4 Å². The van der Waals surface area contributed by atoms with Crippen LogP contribution in [0.15, 0.2) is 12.2 Å². The van der Waals surface area contributed by atoms with Crippen molar-refractivity contribution in [3.05, 3.63) is 12.2 Å². The van der Waals surface area contributed by atoms with E-state index in [1.54, 1.807) is 0 Å². The fraction of sp³-hybridized carbons (Fsp3) is 0.786. The fourth-order valence-corrected chi connectivity index (χ4v) is 3.16. The first-order valence-corrected chi connectivity index (χ1v) is 6.67. The van der Waals surface area contributed by atoms with Crippen LogP contribution in [0.4, 0.5) is 0 Å². The summed E-state index contributed by atoms with van der Waals surface area (Å²) in [6, 6.07) is 0. The lowest BCUT2D eigenvalue weighted by Gasteiger charge is -2.16. The molecular weight excluding hydrogens is 216 g/mol.